The van der Waals surface area contributed by atoms with Crippen LogP contribution in [0.25, 0.3) is 0 Å². The Labute approximate surface area is 299 Å². The third-order valence-electron chi connectivity index (χ3n) is 8.51. The second kappa shape index (κ2) is 17.5. The van der Waals surface area contributed by atoms with Crippen molar-refractivity contribution in [2.75, 3.05) is 13.2 Å². The van der Waals surface area contributed by atoms with E-state index in [-0.39, 0.29) is 54.2 Å². The summed E-state index contributed by atoms with van der Waals surface area (Å²) < 4.78 is 21.1. The summed E-state index contributed by atoms with van der Waals surface area (Å²) in [5.74, 6) is -6.46. The van der Waals surface area contributed by atoms with E-state index in [1.165, 1.54) is 0 Å². The van der Waals surface area contributed by atoms with Crippen molar-refractivity contribution in [2.45, 2.75) is 80.1 Å². The number of benzene rings is 2. The standard InChI is InChI=1S/C32H36Cl6O8/c1-7-31(5,8-2)11-13-43-27(39)21-23(37)17(33)15-19(35)25(21)45-29(41)30(42)46-26-20(36)16-18(34)24(38)22(26)28(40)44-14-12-32(6,9-3)10-4/h15-16H,7-14H2,1-6H3. The number of carbonyl (C=O) groups is 4. The molecule has 0 amide bonds. The second-order valence-electron chi connectivity index (χ2n) is 11.3. The summed E-state index contributed by atoms with van der Waals surface area (Å²) in [6, 6.07) is 2.24. The van der Waals surface area contributed by atoms with Crippen LogP contribution in [-0.2, 0) is 19.1 Å². The minimum absolute atomic E-state index is 0.0255. The van der Waals surface area contributed by atoms with E-state index in [0.717, 1.165) is 37.8 Å². The lowest BCUT2D eigenvalue weighted by Crippen LogP contribution is -2.27. The van der Waals surface area contributed by atoms with Crippen LogP contribution in [0.4, 0.5) is 0 Å². The Morgan fingerprint density at radius 1 is 0.565 bits per heavy atom. The Hall–Kier alpha value is -1.94. The molecule has 0 spiro atoms. The highest BCUT2D eigenvalue weighted by molar-refractivity contribution is 6.47. The van der Waals surface area contributed by atoms with E-state index in [0.29, 0.717) is 12.8 Å². The maximum absolute atomic E-state index is 13.1. The zero-order chi connectivity index (χ0) is 35.0. The molecule has 254 valence electrons. The first-order chi connectivity index (χ1) is 21.5. The molecule has 0 aliphatic rings. The van der Waals surface area contributed by atoms with Crippen LogP contribution >= 0.6 is 69.6 Å². The van der Waals surface area contributed by atoms with E-state index in [2.05, 4.69) is 13.8 Å². The first kappa shape index (κ1) is 40.2. The third-order valence-corrected chi connectivity index (χ3v) is 10.6. The molecule has 2 aromatic rings. The van der Waals surface area contributed by atoms with Crippen molar-refractivity contribution >= 4 is 93.5 Å². The summed E-state index contributed by atoms with van der Waals surface area (Å²) in [6.45, 7) is 12.3. The fraction of sp³-hybridized carbons (Fsp3) is 0.500. The van der Waals surface area contributed by atoms with Crippen molar-refractivity contribution in [3.8, 4) is 11.5 Å². The smallest absolute Gasteiger partial charge is 0.423 e. The molecule has 0 unspecified atom stereocenters. The molecule has 0 atom stereocenters. The molecular formula is C32H36Cl6O8. The average Bonchev–Trinajstić information content (AvgIpc) is 3.01. The van der Waals surface area contributed by atoms with Crippen LogP contribution in [0.3, 0.4) is 0 Å². The molecule has 0 fully saturated rings. The Morgan fingerprint density at radius 3 is 1.15 bits per heavy atom. The summed E-state index contributed by atoms with van der Waals surface area (Å²) in [5, 5.41) is -1.54. The van der Waals surface area contributed by atoms with Gasteiger partial charge in [0, 0.05) is 0 Å². The first-order valence-electron chi connectivity index (χ1n) is 14.6. The molecular weight excluding hydrogens is 725 g/mol. The van der Waals surface area contributed by atoms with Gasteiger partial charge in [-0.05, 0) is 35.8 Å². The molecule has 0 radical (unpaired) electrons. The van der Waals surface area contributed by atoms with Gasteiger partial charge in [0.05, 0.1) is 43.3 Å². The van der Waals surface area contributed by atoms with Gasteiger partial charge in [-0.2, -0.15) is 0 Å². The van der Waals surface area contributed by atoms with Gasteiger partial charge in [0.15, 0.2) is 11.5 Å². The van der Waals surface area contributed by atoms with Crippen molar-refractivity contribution in [1.82, 2.24) is 0 Å². The molecule has 0 bridgehead atoms. The second-order valence-corrected chi connectivity index (χ2v) is 13.7. The minimum Gasteiger partial charge on any atom is -0.462 e. The highest BCUT2D eigenvalue weighted by Gasteiger charge is 2.33. The van der Waals surface area contributed by atoms with Crippen LogP contribution in [-0.4, -0.2) is 37.1 Å². The van der Waals surface area contributed by atoms with E-state index < -0.39 is 46.5 Å². The lowest BCUT2D eigenvalue weighted by atomic mass is 9.82. The number of esters is 4. The van der Waals surface area contributed by atoms with E-state index in [9.17, 15) is 19.2 Å². The molecule has 2 rings (SSSR count). The van der Waals surface area contributed by atoms with Gasteiger partial charge in [0.2, 0.25) is 0 Å². The van der Waals surface area contributed by atoms with Gasteiger partial charge in [-0.15, -0.1) is 0 Å². The number of hydrogen-bond acceptors (Lipinski definition) is 8. The summed E-state index contributed by atoms with van der Waals surface area (Å²) in [7, 11) is 0. The molecule has 0 aromatic heterocycles. The Bertz CT molecular complexity index is 1360. The normalized spacial score (nSPS) is 11.7. The fourth-order valence-electron chi connectivity index (χ4n) is 4.12. The predicted octanol–water partition coefficient (Wildman–Crippen LogP) is 10.9. The molecule has 0 saturated heterocycles. The maximum atomic E-state index is 13.1. The predicted molar refractivity (Wildman–Crippen MR) is 181 cm³/mol. The van der Waals surface area contributed by atoms with Crippen molar-refractivity contribution in [1.29, 1.82) is 0 Å². The van der Waals surface area contributed by atoms with Crippen LogP contribution in [0.5, 0.6) is 11.5 Å². The lowest BCUT2D eigenvalue weighted by molar-refractivity contribution is -0.156. The number of carbonyl (C=O) groups excluding carboxylic acids is 4. The van der Waals surface area contributed by atoms with E-state index >= 15 is 0 Å². The number of halogens is 6. The van der Waals surface area contributed by atoms with Crippen LogP contribution in [0.1, 0.15) is 101 Å². The maximum Gasteiger partial charge on any atom is 0.423 e. The summed E-state index contributed by atoms with van der Waals surface area (Å²) >= 11 is 37.3. The molecule has 0 N–H and O–H groups in total. The van der Waals surface area contributed by atoms with Gasteiger partial charge in [-0.3, -0.25) is 0 Å². The van der Waals surface area contributed by atoms with Gasteiger partial charge in [-0.1, -0.05) is 137 Å². The summed E-state index contributed by atoms with van der Waals surface area (Å²) in [6.07, 6.45) is 4.52. The molecule has 14 heteroatoms. The third kappa shape index (κ3) is 10.0. The van der Waals surface area contributed by atoms with Gasteiger partial charge in [0.1, 0.15) is 11.1 Å². The minimum atomic E-state index is -1.65. The molecule has 0 saturated carbocycles. The zero-order valence-electron chi connectivity index (χ0n) is 26.3. The Balaban J connectivity index is 2.34. The monoisotopic (exact) mass is 758 g/mol. The van der Waals surface area contributed by atoms with Crippen LogP contribution < -0.4 is 9.47 Å². The van der Waals surface area contributed by atoms with Crippen LogP contribution in [0.15, 0.2) is 12.1 Å². The van der Waals surface area contributed by atoms with Gasteiger partial charge in [0.25, 0.3) is 0 Å². The highest BCUT2D eigenvalue weighted by atomic mass is 35.5. The zero-order valence-corrected chi connectivity index (χ0v) is 30.9. The molecule has 46 heavy (non-hydrogen) atoms. The van der Waals surface area contributed by atoms with Crippen molar-refractivity contribution in [3.63, 3.8) is 0 Å². The van der Waals surface area contributed by atoms with Crippen LogP contribution in [0, 0.1) is 10.8 Å². The highest BCUT2D eigenvalue weighted by Crippen LogP contribution is 2.42. The van der Waals surface area contributed by atoms with Crippen molar-refractivity contribution in [2.24, 2.45) is 10.8 Å². The number of ether oxygens (including phenoxy) is 4. The lowest BCUT2D eigenvalue weighted by Gasteiger charge is -2.26. The Morgan fingerprint density at radius 2 is 0.870 bits per heavy atom. The molecule has 8 nitrogen and oxygen atoms in total. The summed E-state index contributed by atoms with van der Waals surface area (Å²) in [4.78, 5) is 52.1. The number of rotatable bonds is 14. The largest absolute Gasteiger partial charge is 0.462 e. The van der Waals surface area contributed by atoms with E-state index in [1.54, 1.807) is 0 Å². The molecule has 0 aliphatic carbocycles. The van der Waals surface area contributed by atoms with Gasteiger partial charge < -0.3 is 18.9 Å². The van der Waals surface area contributed by atoms with E-state index in [4.69, 9.17) is 88.6 Å². The topological polar surface area (TPSA) is 105 Å². The average molecular weight is 761 g/mol. The van der Waals surface area contributed by atoms with Gasteiger partial charge in [-0.25, -0.2) is 19.2 Å². The molecule has 0 aliphatic heterocycles. The molecule has 0 heterocycles. The van der Waals surface area contributed by atoms with Crippen LogP contribution in [0.2, 0.25) is 30.1 Å². The summed E-state index contributed by atoms with van der Waals surface area (Å²) in [5.41, 5.74) is -1.09. The number of hydrogen-bond donors (Lipinski definition) is 0. The van der Waals surface area contributed by atoms with Gasteiger partial charge >= 0.3 is 23.9 Å². The quantitative estimate of drug-likeness (QED) is 0.0811. The SMILES string of the molecule is CCC(C)(CC)CCOC(=O)c1c(Cl)c(Cl)cc(Cl)c1OC(=O)C(=O)Oc1c(Cl)cc(Cl)c(Cl)c1C(=O)OCCC(C)(CC)CC. The van der Waals surface area contributed by atoms with Crippen molar-refractivity contribution in [3.05, 3.63) is 53.4 Å². The Kier molecular flexibility index (Phi) is 15.3. The molecule has 2 aromatic carbocycles. The fourth-order valence-corrected chi connectivity index (χ4v) is 5.56. The first-order valence-corrected chi connectivity index (χ1v) is 16.9. The van der Waals surface area contributed by atoms with E-state index in [1.807, 2.05) is 27.7 Å². The van der Waals surface area contributed by atoms with Crippen molar-refractivity contribution < 1.29 is 38.1 Å².